The minimum absolute atomic E-state index is 0.0206. The quantitative estimate of drug-likeness (QED) is 0.515. The van der Waals surface area contributed by atoms with Crippen LogP contribution in [-0.2, 0) is 23.9 Å². The molecule has 0 amide bonds. The zero-order chi connectivity index (χ0) is 17.6. The second-order valence-corrected chi connectivity index (χ2v) is 5.03. The highest BCUT2D eigenvalue weighted by molar-refractivity contribution is 5.91. The second-order valence-electron chi connectivity index (χ2n) is 5.03. The Morgan fingerprint density at radius 1 is 1.35 bits per heavy atom. The van der Waals surface area contributed by atoms with Crippen LogP contribution >= 0.6 is 0 Å². The lowest BCUT2D eigenvalue weighted by Crippen LogP contribution is -2.53. The molecule has 0 radical (unpaired) electrons. The van der Waals surface area contributed by atoms with Crippen molar-refractivity contribution in [3.8, 4) is 0 Å². The van der Waals surface area contributed by atoms with E-state index in [1.54, 1.807) is 6.92 Å². The summed E-state index contributed by atoms with van der Waals surface area (Å²) < 4.78 is 10.3. The van der Waals surface area contributed by atoms with E-state index >= 15 is 0 Å². The number of hydrogen-bond donors (Lipinski definition) is 2. The van der Waals surface area contributed by atoms with Gasteiger partial charge in [-0.15, -0.1) is 0 Å². The maximum absolute atomic E-state index is 11.8. The molecule has 0 aromatic carbocycles. The molecule has 7 heteroatoms. The molecule has 1 aliphatic rings. The van der Waals surface area contributed by atoms with Crippen LogP contribution in [0, 0.1) is 5.92 Å². The number of allylic oxidation sites excluding steroid dienone is 2. The Labute approximate surface area is 133 Å². The van der Waals surface area contributed by atoms with Crippen LogP contribution in [0.1, 0.15) is 20.3 Å². The molecule has 7 nitrogen and oxygen atoms in total. The number of ether oxygens (including phenoxy) is 2. The molecule has 0 heterocycles. The predicted molar refractivity (Wildman–Crippen MR) is 80.7 cm³/mol. The molecule has 0 bridgehead atoms. The van der Waals surface area contributed by atoms with Crippen molar-refractivity contribution in [1.82, 2.24) is 0 Å². The van der Waals surface area contributed by atoms with Gasteiger partial charge in [-0.05, 0) is 19.4 Å². The SMILES string of the molecule is C=C(C)C(=O)OCCC1=CC=CC(C(=O)O)C1(OCC)C(=O)O. The number of esters is 1. The van der Waals surface area contributed by atoms with Crippen LogP contribution in [0.15, 0.2) is 36.0 Å². The zero-order valence-corrected chi connectivity index (χ0v) is 13.1. The van der Waals surface area contributed by atoms with Gasteiger partial charge < -0.3 is 19.7 Å². The summed E-state index contributed by atoms with van der Waals surface area (Å²) in [5.41, 5.74) is -1.55. The fourth-order valence-electron chi connectivity index (χ4n) is 2.39. The Balaban J connectivity index is 3.05. The van der Waals surface area contributed by atoms with E-state index in [2.05, 4.69) is 6.58 Å². The molecule has 0 spiro atoms. The first kappa shape index (κ1) is 18.6. The largest absolute Gasteiger partial charge is 0.481 e. The highest BCUT2D eigenvalue weighted by Gasteiger charge is 2.53. The van der Waals surface area contributed by atoms with Crippen molar-refractivity contribution in [2.45, 2.75) is 25.9 Å². The van der Waals surface area contributed by atoms with E-state index in [0.29, 0.717) is 0 Å². The maximum atomic E-state index is 11.8. The fourth-order valence-corrected chi connectivity index (χ4v) is 2.39. The first-order valence-corrected chi connectivity index (χ1v) is 7.08. The van der Waals surface area contributed by atoms with Gasteiger partial charge in [0.1, 0.15) is 5.92 Å². The van der Waals surface area contributed by atoms with E-state index < -0.39 is 29.4 Å². The van der Waals surface area contributed by atoms with E-state index in [4.69, 9.17) is 9.47 Å². The summed E-state index contributed by atoms with van der Waals surface area (Å²) in [6, 6.07) is 0. The average Bonchev–Trinajstić information content (AvgIpc) is 2.47. The molecule has 2 N–H and O–H groups in total. The molecule has 126 valence electrons. The molecule has 0 aromatic heterocycles. The lowest BCUT2D eigenvalue weighted by molar-refractivity contribution is -0.173. The number of carboxylic acids is 2. The van der Waals surface area contributed by atoms with Crippen LogP contribution in [0.2, 0.25) is 0 Å². The van der Waals surface area contributed by atoms with Crippen molar-refractivity contribution in [1.29, 1.82) is 0 Å². The third-order valence-electron chi connectivity index (χ3n) is 3.42. The highest BCUT2D eigenvalue weighted by atomic mass is 16.5. The van der Waals surface area contributed by atoms with Crippen LogP contribution in [0.25, 0.3) is 0 Å². The molecule has 0 saturated carbocycles. The highest BCUT2D eigenvalue weighted by Crippen LogP contribution is 2.37. The summed E-state index contributed by atoms with van der Waals surface area (Å²) in [6.45, 7) is 6.45. The van der Waals surface area contributed by atoms with E-state index in [1.165, 1.54) is 25.2 Å². The number of hydrogen-bond acceptors (Lipinski definition) is 5. The summed E-state index contributed by atoms with van der Waals surface area (Å²) in [5.74, 6) is -4.66. The number of carbonyl (C=O) groups excluding carboxylic acids is 1. The van der Waals surface area contributed by atoms with Gasteiger partial charge in [0.2, 0.25) is 5.60 Å². The molecule has 2 unspecified atom stereocenters. The van der Waals surface area contributed by atoms with Gasteiger partial charge in [-0.25, -0.2) is 9.59 Å². The molecule has 0 aromatic rings. The zero-order valence-electron chi connectivity index (χ0n) is 13.1. The Morgan fingerprint density at radius 3 is 2.48 bits per heavy atom. The van der Waals surface area contributed by atoms with Crippen molar-refractivity contribution in [3.63, 3.8) is 0 Å². The summed E-state index contributed by atoms with van der Waals surface area (Å²) in [5, 5.41) is 19.0. The van der Waals surface area contributed by atoms with E-state index in [9.17, 15) is 24.6 Å². The molecule has 0 saturated heterocycles. The van der Waals surface area contributed by atoms with Gasteiger partial charge in [0.15, 0.2) is 0 Å². The number of rotatable bonds is 8. The summed E-state index contributed by atoms with van der Waals surface area (Å²) in [6.07, 6.45) is 4.27. The Bertz CT molecular complexity index is 573. The van der Waals surface area contributed by atoms with Gasteiger partial charge >= 0.3 is 17.9 Å². The summed E-state index contributed by atoms with van der Waals surface area (Å²) >= 11 is 0. The number of aliphatic carboxylic acids is 2. The Kier molecular flexibility index (Phi) is 6.27. The maximum Gasteiger partial charge on any atom is 0.341 e. The monoisotopic (exact) mass is 324 g/mol. The Hall–Kier alpha value is -2.41. The lowest BCUT2D eigenvalue weighted by atomic mass is 9.76. The van der Waals surface area contributed by atoms with Crippen LogP contribution < -0.4 is 0 Å². The minimum Gasteiger partial charge on any atom is -0.481 e. The van der Waals surface area contributed by atoms with Crippen LogP contribution in [-0.4, -0.2) is 46.9 Å². The lowest BCUT2D eigenvalue weighted by Gasteiger charge is -2.37. The molecule has 23 heavy (non-hydrogen) atoms. The minimum atomic E-state index is -2.01. The predicted octanol–water partition coefficient (Wildman–Crippen LogP) is 1.55. The standard InChI is InChI=1S/C16H20O7/c1-4-23-16(15(20)21)11(6-5-7-12(16)13(17)18)8-9-22-14(19)10(2)3/h5-7,12H,2,4,8-9H2,1,3H3,(H,17,18)(H,20,21). The molecular formula is C16H20O7. The van der Waals surface area contributed by atoms with Gasteiger partial charge in [0, 0.05) is 18.6 Å². The van der Waals surface area contributed by atoms with Crippen LogP contribution in [0.5, 0.6) is 0 Å². The van der Waals surface area contributed by atoms with E-state index in [1.807, 2.05) is 0 Å². The molecule has 0 fully saturated rings. The van der Waals surface area contributed by atoms with Crippen LogP contribution in [0.3, 0.4) is 0 Å². The third-order valence-corrected chi connectivity index (χ3v) is 3.42. The Morgan fingerprint density at radius 2 is 2.00 bits per heavy atom. The average molecular weight is 324 g/mol. The van der Waals surface area contributed by atoms with Gasteiger partial charge in [-0.1, -0.05) is 24.8 Å². The van der Waals surface area contributed by atoms with Gasteiger partial charge in [-0.2, -0.15) is 0 Å². The summed E-state index contributed by atoms with van der Waals surface area (Å²) in [4.78, 5) is 34.6. The number of carboxylic acid groups (broad SMARTS) is 2. The van der Waals surface area contributed by atoms with E-state index in [-0.39, 0.29) is 30.8 Å². The first-order valence-electron chi connectivity index (χ1n) is 7.08. The molecule has 2 atom stereocenters. The topological polar surface area (TPSA) is 110 Å². The first-order chi connectivity index (χ1) is 10.8. The van der Waals surface area contributed by atoms with Crippen molar-refractivity contribution in [2.24, 2.45) is 5.92 Å². The van der Waals surface area contributed by atoms with Gasteiger partial charge in [-0.3, -0.25) is 4.79 Å². The fraction of sp³-hybridized carbons (Fsp3) is 0.438. The third kappa shape index (κ3) is 3.87. The van der Waals surface area contributed by atoms with Gasteiger partial charge in [0.25, 0.3) is 0 Å². The smallest absolute Gasteiger partial charge is 0.341 e. The second kappa shape index (κ2) is 7.73. The van der Waals surface area contributed by atoms with Crippen molar-refractivity contribution in [2.75, 3.05) is 13.2 Å². The summed E-state index contributed by atoms with van der Waals surface area (Å²) in [7, 11) is 0. The molecule has 1 aliphatic carbocycles. The normalized spacial score (nSPS) is 23.0. The molecule has 1 rings (SSSR count). The molecular weight excluding hydrogens is 304 g/mol. The van der Waals surface area contributed by atoms with Gasteiger partial charge in [0.05, 0.1) is 6.61 Å². The molecule has 0 aliphatic heterocycles. The van der Waals surface area contributed by atoms with Crippen molar-refractivity contribution < 1.29 is 34.1 Å². The van der Waals surface area contributed by atoms with Crippen molar-refractivity contribution in [3.05, 3.63) is 36.0 Å². The number of carbonyl (C=O) groups is 3. The van der Waals surface area contributed by atoms with Crippen LogP contribution in [0.4, 0.5) is 0 Å². The van der Waals surface area contributed by atoms with Crippen molar-refractivity contribution >= 4 is 17.9 Å². The van der Waals surface area contributed by atoms with E-state index in [0.717, 1.165) is 0 Å².